The molecule has 8 nitrogen and oxygen atoms in total. The first kappa shape index (κ1) is 19.5. The summed E-state index contributed by atoms with van der Waals surface area (Å²) in [5, 5.41) is 0. The van der Waals surface area contributed by atoms with E-state index in [-0.39, 0.29) is 23.5 Å². The third-order valence-electron chi connectivity index (χ3n) is 4.52. The van der Waals surface area contributed by atoms with Crippen LogP contribution < -0.4 is 9.47 Å². The fraction of sp³-hybridized carbons (Fsp3) is 0.350. The average Bonchev–Trinajstić information content (AvgIpc) is 2.69. The number of carbonyl (C=O) groups excluding carboxylic acids is 3. The van der Waals surface area contributed by atoms with E-state index in [2.05, 4.69) is 0 Å². The lowest BCUT2D eigenvalue weighted by Gasteiger charge is -2.35. The highest BCUT2D eigenvalue weighted by atomic mass is 16.6. The van der Waals surface area contributed by atoms with E-state index >= 15 is 0 Å². The molecule has 0 saturated heterocycles. The minimum atomic E-state index is -0.810. The number of rotatable bonds is 5. The molecule has 0 bridgehead atoms. The molecular formula is C20H20O8. The lowest BCUT2D eigenvalue weighted by molar-refractivity contribution is -0.156. The van der Waals surface area contributed by atoms with E-state index in [0.717, 1.165) is 6.08 Å². The summed E-state index contributed by atoms with van der Waals surface area (Å²) in [4.78, 5) is 36.6. The second kappa shape index (κ2) is 7.75. The fourth-order valence-electron chi connectivity index (χ4n) is 3.24. The predicted octanol–water partition coefficient (Wildman–Crippen LogP) is 2.03. The van der Waals surface area contributed by atoms with Gasteiger partial charge in [0.15, 0.2) is 34.9 Å². The molecule has 2 aliphatic rings. The number of ether oxygens (including phenoxy) is 5. The number of carbonyl (C=O) groups is 3. The van der Waals surface area contributed by atoms with Crippen molar-refractivity contribution in [2.45, 2.75) is 25.6 Å². The third kappa shape index (κ3) is 3.45. The number of esters is 1. The van der Waals surface area contributed by atoms with Crippen LogP contribution in [0.2, 0.25) is 0 Å². The Hall–Kier alpha value is -3.29. The first-order valence-corrected chi connectivity index (χ1v) is 8.53. The highest BCUT2D eigenvalue weighted by Crippen LogP contribution is 2.41. The Morgan fingerprint density at radius 1 is 1.07 bits per heavy atom. The van der Waals surface area contributed by atoms with Gasteiger partial charge in [-0.25, -0.2) is 0 Å². The maximum atomic E-state index is 12.6. The second-order valence-corrected chi connectivity index (χ2v) is 6.22. The third-order valence-corrected chi connectivity index (χ3v) is 4.52. The van der Waals surface area contributed by atoms with Crippen molar-refractivity contribution in [3.8, 4) is 11.5 Å². The number of Topliss-reactive ketones (excluding diaryl/α,β-unsaturated/α-hetero) is 1. The Labute approximate surface area is 161 Å². The zero-order valence-corrected chi connectivity index (χ0v) is 15.9. The van der Waals surface area contributed by atoms with Crippen molar-refractivity contribution >= 4 is 17.5 Å². The summed E-state index contributed by atoms with van der Waals surface area (Å²) in [6.45, 7) is 1.27. The van der Waals surface area contributed by atoms with Crippen molar-refractivity contribution in [1.82, 2.24) is 0 Å². The van der Waals surface area contributed by atoms with Crippen molar-refractivity contribution in [2.75, 3.05) is 21.3 Å². The number of methoxy groups -OCH3 is 3. The van der Waals surface area contributed by atoms with Crippen LogP contribution >= 0.6 is 0 Å². The molecule has 0 saturated carbocycles. The fourth-order valence-corrected chi connectivity index (χ4v) is 3.24. The Morgan fingerprint density at radius 3 is 2.39 bits per heavy atom. The van der Waals surface area contributed by atoms with Crippen LogP contribution in [0.5, 0.6) is 11.5 Å². The molecule has 1 aromatic carbocycles. The zero-order chi connectivity index (χ0) is 20.4. The van der Waals surface area contributed by atoms with Crippen LogP contribution in [0.15, 0.2) is 41.4 Å². The van der Waals surface area contributed by atoms with E-state index in [1.165, 1.54) is 28.3 Å². The molecule has 0 amide bonds. The Kier molecular flexibility index (Phi) is 5.39. The molecule has 0 N–H and O–H groups in total. The van der Waals surface area contributed by atoms with Gasteiger partial charge in [0.25, 0.3) is 5.78 Å². The van der Waals surface area contributed by atoms with Gasteiger partial charge in [0.05, 0.1) is 21.3 Å². The highest BCUT2D eigenvalue weighted by molar-refractivity contribution is 6.21. The molecule has 0 spiro atoms. The van der Waals surface area contributed by atoms with Crippen LogP contribution in [-0.4, -0.2) is 45.0 Å². The van der Waals surface area contributed by atoms with Gasteiger partial charge < -0.3 is 23.7 Å². The van der Waals surface area contributed by atoms with Crippen molar-refractivity contribution in [3.05, 3.63) is 46.9 Å². The maximum absolute atomic E-state index is 12.6. The molecule has 3 rings (SSSR count). The van der Waals surface area contributed by atoms with E-state index in [0.29, 0.717) is 17.1 Å². The molecule has 28 heavy (non-hydrogen) atoms. The van der Waals surface area contributed by atoms with Gasteiger partial charge in [0.1, 0.15) is 6.10 Å². The Bertz CT molecular complexity index is 895. The summed E-state index contributed by atoms with van der Waals surface area (Å²) < 4.78 is 26.8. The Morgan fingerprint density at radius 2 is 1.79 bits per heavy atom. The largest absolute Gasteiger partial charge is 0.493 e. The standard InChI is InChI=1S/C20H20O8/c1-10(21)27-17-8-12-13(22)9-16(26-4)18(23)20(12)28-19(17)11-5-6-14(24-2)15(7-11)25-3/h5-7,9,17,19H,8H2,1-4H3/t17-,19-/m1/s1. The predicted molar refractivity (Wildman–Crippen MR) is 95.7 cm³/mol. The summed E-state index contributed by atoms with van der Waals surface area (Å²) in [5.74, 6) is -0.676. The normalized spacial score (nSPS) is 21.4. The lowest BCUT2D eigenvalue weighted by Crippen LogP contribution is -2.36. The lowest BCUT2D eigenvalue weighted by atomic mass is 9.88. The quantitative estimate of drug-likeness (QED) is 0.558. The summed E-state index contributed by atoms with van der Waals surface area (Å²) in [5.41, 5.74) is 0.762. The van der Waals surface area contributed by atoms with Crippen molar-refractivity contribution in [1.29, 1.82) is 0 Å². The van der Waals surface area contributed by atoms with Gasteiger partial charge in [-0.1, -0.05) is 6.07 Å². The Balaban J connectivity index is 2.03. The maximum Gasteiger partial charge on any atom is 0.303 e. The summed E-state index contributed by atoms with van der Waals surface area (Å²) in [7, 11) is 4.31. The van der Waals surface area contributed by atoms with Gasteiger partial charge in [-0.15, -0.1) is 0 Å². The monoisotopic (exact) mass is 388 g/mol. The second-order valence-electron chi connectivity index (χ2n) is 6.22. The zero-order valence-electron chi connectivity index (χ0n) is 15.9. The van der Waals surface area contributed by atoms with Crippen LogP contribution in [-0.2, 0) is 28.6 Å². The summed E-state index contributed by atoms with van der Waals surface area (Å²) in [6, 6.07) is 5.07. The molecule has 0 fully saturated rings. The molecule has 1 aliphatic heterocycles. The molecule has 0 aromatic heterocycles. The molecule has 0 radical (unpaired) electrons. The van der Waals surface area contributed by atoms with Crippen LogP contribution in [0.3, 0.4) is 0 Å². The highest BCUT2D eigenvalue weighted by Gasteiger charge is 2.42. The smallest absolute Gasteiger partial charge is 0.303 e. The van der Waals surface area contributed by atoms with E-state index in [1.807, 2.05) is 0 Å². The summed E-state index contributed by atoms with van der Waals surface area (Å²) >= 11 is 0. The van der Waals surface area contributed by atoms with Crippen LogP contribution in [0, 0.1) is 0 Å². The summed E-state index contributed by atoms with van der Waals surface area (Å²) in [6.07, 6.45) is -0.433. The molecule has 1 heterocycles. The molecule has 148 valence electrons. The molecular weight excluding hydrogens is 368 g/mol. The van der Waals surface area contributed by atoms with Crippen molar-refractivity contribution in [2.24, 2.45) is 0 Å². The van der Waals surface area contributed by atoms with Gasteiger partial charge in [0, 0.05) is 30.6 Å². The van der Waals surface area contributed by atoms with Crippen LogP contribution in [0.1, 0.15) is 25.0 Å². The number of hydrogen-bond donors (Lipinski definition) is 0. The van der Waals surface area contributed by atoms with Crippen LogP contribution in [0.25, 0.3) is 0 Å². The van der Waals surface area contributed by atoms with E-state index < -0.39 is 29.7 Å². The van der Waals surface area contributed by atoms with Crippen LogP contribution in [0.4, 0.5) is 0 Å². The molecule has 0 unspecified atom stereocenters. The molecule has 1 aliphatic carbocycles. The van der Waals surface area contributed by atoms with Gasteiger partial charge in [0.2, 0.25) is 0 Å². The molecule has 2 atom stereocenters. The first-order valence-electron chi connectivity index (χ1n) is 8.53. The minimum Gasteiger partial charge on any atom is -0.493 e. The van der Waals surface area contributed by atoms with Gasteiger partial charge >= 0.3 is 5.97 Å². The number of hydrogen-bond acceptors (Lipinski definition) is 8. The number of benzene rings is 1. The SMILES string of the molecule is COC1=CC(=O)C2=C(O[C@H](c3ccc(OC)c(OC)c3)[C@H](OC(C)=O)C2)C1=O. The van der Waals surface area contributed by atoms with Crippen molar-refractivity contribution < 1.29 is 38.1 Å². The van der Waals surface area contributed by atoms with E-state index in [4.69, 9.17) is 23.7 Å². The minimum absolute atomic E-state index is 0.0476. The molecule has 8 heteroatoms. The van der Waals surface area contributed by atoms with Gasteiger partial charge in [-0.3, -0.25) is 14.4 Å². The number of ketones is 2. The average molecular weight is 388 g/mol. The van der Waals surface area contributed by atoms with E-state index in [9.17, 15) is 14.4 Å². The van der Waals surface area contributed by atoms with Crippen molar-refractivity contribution in [3.63, 3.8) is 0 Å². The molecule has 1 aromatic rings. The van der Waals surface area contributed by atoms with E-state index in [1.54, 1.807) is 18.2 Å². The number of allylic oxidation sites excluding steroid dienone is 1. The first-order chi connectivity index (χ1) is 13.4. The van der Waals surface area contributed by atoms with Gasteiger partial charge in [-0.2, -0.15) is 0 Å². The topological polar surface area (TPSA) is 97.4 Å². The van der Waals surface area contributed by atoms with Gasteiger partial charge in [-0.05, 0) is 12.1 Å².